The predicted molar refractivity (Wildman–Crippen MR) is 51.7 cm³/mol. The van der Waals surface area contributed by atoms with E-state index in [9.17, 15) is 9.59 Å². The van der Waals surface area contributed by atoms with Crippen LogP contribution in [0.4, 0.5) is 0 Å². The van der Waals surface area contributed by atoms with E-state index in [1.54, 1.807) is 25.2 Å². The number of carbonyl (C=O) groups is 2. The molecule has 0 rings (SSSR count). The van der Waals surface area contributed by atoms with E-state index in [0.29, 0.717) is 0 Å². The lowest BCUT2D eigenvalue weighted by Gasteiger charge is -2.05. The maximum atomic E-state index is 10.9. The van der Waals surface area contributed by atoms with Gasteiger partial charge >= 0.3 is 11.9 Å². The lowest BCUT2D eigenvalue weighted by molar-refractivity contribution is -0.140. The van der Waals surface area contributed by atoms with Crippen LogP contribution < -0.4 is 0 Å². The normalized spacial score (nSPS) is 12.9. The molecule has 0 spiro atoms. The van der Waals surface area contributed by atoms with Crippen LogP contribution in [0.5, 0.6) is 0 Å². The van der Waals surface area contributed by atoms with E-state index in [2.05, 4.69) is 6.58 Å². The molecular formula is C10H12O4. The number of rotatable bonds is 5. The van der Waals surface area contributed by atoms with Crippen LogP contribution in [0.2, 0.25) is 0 Å². The van der Waals surface area contributed by atoms with E-state index in [1.807, 2.05) is 0 Å². The minimum atomic E-state index is -1.18. The number of carbonyl (C=O) groups excluding carboxylic acids is 1. The number of carboxylic acid groups (broad SMARTS) is 1. The number of aliphatic carboxylic acids is 1. The Morgan fingerprint density at radius 2 is 2.07 bits per heavy atom. The second-order valence-corrected chi connectivity index (χ2v) is 2.43. The Balaban J connectivity index is 4.00. The number of carboxylic acids is 1. The summed E-state index contributed by atoms with van der Waals surface area (Å²) in [4.78, 5) is 20.9. The van der Waals surface area contributed by atoms with E-state index in [-0.39, 0.29) is 0 Å². The summed E-state index contributed by atoms with van der Waals surface area (Å²) in [5, 5.41) is 8.22. The van der Waals surface area contributed by atoms with E-state index in [0.717, 1.165) is 12.2 Å². The van der Waals surface area contributed by atoms with Crippen LogP contribution in [0.3, 0.4) is 0 Å². The van der Waals surface area contributed by atoms with Gasteiger partial charge in [0.25, 0.3) is 0 Å². The van der Waals surface area contributed by atoms with Crippen molar-refractivity contribution in [1.82, 2.24) is 0 Å². The lowest BCUT2D eigenvalue weighted by atomic mass is 10.3. The SMILES string of the molecule is C=C/C=C/C(C)OC(=O)/C=C\C(=O)O. The standard InChI is InChI=1S/C10H12O4/c1-3-4-5-8(2)14-10(13)7-6-9(11)12/h3-8H,1H2,2H3,(H,11,12)/b5-4+,7-6-. The summed E-state index contributed by atoms with van der Waals surface area (Å²) in [7, 11) is 0. The van der Waals surface area contributed by atoms with Gasteiger partial charge in [-0.3, -0.25) is 0 Å². The summed E-state index contributed by atoms with van der Waals surface area (Å²) >= 11 is 0. The number of hydrogen-bond acceptors (Lipinski definition) is 3. The van der Waals surface area contributed by atoms with Crippen LogP contribution in [0.1, 0.15) is 6.92 Å². The van der Waals surface area contributed by atoms with Gasteiger partial charge in [-0.2, -0.15) is 0 Å². The van der Waals surface area contributed by atoms with Crippen molar-refractivity contribution in [3.05, 3.63) is 37.0 Å². The smallest absolute Gasteiger partial charge is 0.331 e. The second-order valence-electron chi connectivity index (χ2n) is 2.43. The number of hydrogen-bond donors (Lipinski definition) is 1. The third-order valence-corrected chi connectivity index (χ3v) is 1.18. The van der Waals surface area contributed by atoms with Gasteiger partial charge in [-0.1, -0.05) is 18.7 Å². The van der Waals surface area contributed by atoms with Gasteiger partial charge in [-0.05, 0) is 13.0 Å². The highest BCUT2D eigenvalue weighted by molar-refractivity contribution is 5.90. The monoisotopic (exact) mass is 196 g/mol. The highest BCUT2D eigenvalue weighted by atomic mass is 16.5. The van der Waals surface area contributed by atoms with Gasteiger partial charge in [0.15, 0.2) is 0 Å². The Kier molecular flexibility index (Phi) is 5.78. The van der Waals surface area contributed by atoms with Gasteiger partial charge in [-0.25, -0.2) is 9.59 Å². The molecule has 0 aromatic carbocycles. The molecule has 0 fully saturated rings. The molecule has 14 heavy (non-hydrogen) atoms. The summed E-state index contributed by atoms with van der Waals surface area (Å²) < 4.78 is 4.78. The van der Waals surface area contributed by atoms with Crippen LogP contribution in [0.25, 0.3) is 0 Å². The molecule has 1 N–H and O–H groups in total. The molecule has 0 saturated heterocycles. The van der Waals surface area contributed by atoms with Gasteiger partial charge in [-0.15, -0.1) is 0 Å². The van der Waals surface area contributed by atoms with Gasteiger partial charge in [0.05, 0.1) is 0 Å². The van der Waals surface area contributed by atoms with Gasteiger partial charge in [0.1, 0.15) is 6.10 Å². The molecule has 0 amide bonds. The molecule has 0 aliphatic rings. The highest BCUT2D eigenvalue weighted by Crippen LogP contribution is 1.95. The zero-order valence-corrected chi connectivity index (χ0v) is 7.84. The molecule has 0 aliphatic carbocycles. The first-order chi connectivity index (χ1) is 6.56. The zero-order chi connectivity index (χ0) is 11.0. The van der Waals surface area contributed by atoms with Crippen molar-refractivity contribution in [1.29, 1.82) is 0 Å². The Bertz CT molecular complexity index is 276. The van der Waals surface area contributed by atoms with Crippen molar-refractivity contribution in [2.75, 3.05) is 0 Å². The molecule has 1 unspecified atom stereocenters. The number of ether oxygens (including phenoxy) is 1. The van der Waals surface area contributed by atoms with Crippen molar-refractivity contribution in [2.24, 2.45) is 0 Å². The van der Waals surface area contributed by atoms with Crippen molar-refractivity contribution in [3.63, 3.8) is 0 Å². The molecule has 0 saturated carbocycles. The maximum absolute atomic E-state index is 10.9. The fourth-order valence-electron chi connectivity index (χ4n) is 0.636. The second kappa shape index (κ2) is 6.65. The topological polar surface area (TPSA) is 63.6 Å². The fraction of sp³-hybridized carbons (Fsp3) is 0.200. The van der Waals surface area contributed by atoms with Crippen molar-refractivity contribution >= 4 is 11.9 Å². The van der Waals surface area contributed by atoms with E-state index < -0.39 is 18.0 Å². The molecule has 0 radical (unpaired) electrons. The molecule has 0 aliphatic heterocycles. The Labute approximate surface area is 82.2 Å². The van der Waals surface area contributed by atoms with Crippen LogP contribution >= 0.6 is 0 Å². The first-order valence-corrected chi connectivity index (χ1v) is 3.97. The van der Waals surface area contributed by atoms with Gasteiger partial charge in [0.2, 0.25) is 0 Å². The van der Waals surface area contributed by atoms with Crippen LogP contribution in [0.15, 0.2) is 37.0 Å². The lowest BCUT2D eigenvalue weighted by Crippen LogP contribution is -2.10. The maximum Gasteiger partial charge on any atom is 0.331 e. The summed E-state index contributed by atoms with van der Waals surface area (Å²) in [6.07, 6.45) is 6.00. The summed E-state index contributed by atoms with van der Waals surface area (Å²) in [5.41, 5.74) is 0. The molecule has 0 heterocycles. The average Bonchev–Trinajstić information content (AvgIpc) is 2.11. The van der Waals surface area contributed by atoms with Gasteiger partial charge < -0.3 is 9.84 Å². The molecule has 4 heteroatoms. The Hall–Kier alpha value is -1.84. The molecule has 0 aromatic rings. The molecule has 4 nitrogen and oxygen atoms in total. The fourth-order valence-corrected chi connectivity index (χ4v) is 0.636. The van der Waals surface area contributed by atoms with E-state index in [4.69, 9.17) is 9.84 Å². The predicted octanol–water partition coefficient (Wildman–Crippen LogP) is 1.30. The average molecular weight is 196 g/mol. The Morgan fingerprint density at radius 3 is 2.57 bits per heavy atom. The number of esters is 1. The summed E-state index contributed by atoms with van der Waals surface area (Å²) in [5.74, 6) is -1.87. The highest BCUT2D eigenvalue weighted by Gasteiger charge is 2.02. The van der Waals surface area contributed by atoms with Crippen LogP contribution in [0, 0.1) is 0 Å². The molecular weight excluding hydrogens is 184 g/mol. The minimum absolute atomic E-state index is 0.404. The van der Waals surface area contributed by atoms with E-state index >= 15 is 0 Å². The third kappa shape index (κ3) is 6.84. The van der Waals surface area contributed by atoms with E-state index in [1.165, 1.54) is 0 Å². The zero-order valence-electron chi connectivity index (χ0n) is 7.84. The third-order valence-electron chi connectivity index (χ3n) is 1.18. The Morgan fingerprint density at radius 1 is 1.43 bits per heavy atom. The minimum Gasteiger partial charge on any atom is -0.478 e. The molecule has 0 bridgehead atoms. The molecule has 1 atom stereocenters. The largest absolute Gasteiger partial charge is 0.478 e. The molecule has 76 valence electrons. The summed E-state index contributed by atoms with van der Waals surface area (Å²) in [6.45, 7) is 5.11. The van der Waals surface area contributed by atoms with Crippen LogP contribution in [-0.4, -0.2) is 23.1 Å². The molecule has 0 aromatic heterocycles. The first-order valence-electron chi connectivity index (χ1n) is 3.97. The van der Waals surface area contributed by atoms with Gasteiger partial charge in [0, 0.05) is 12.2 Å². The van der Waals surface area contributed by atoms with Crippen LogP contribution in [-0.2, 0) is 14.3 Å². The quantitative estimate of drug-likeness (QED) is 0.409. The first kappa shape index (κ1) is 12.2. The van der Waals surface area contributed by atoms with Crippen molar-refractivity contribution < 1.29 is 19.4 Å². The van der Waals surface area contributed by atoms with Crippen molar-refractivity contribution in [3.8, 4) is 0 Å². The summed E-state index contributed by atoms with van der Waals surface area (Å²) in [6, 6.07) is 0. The number of allylic oxidation sites excluding steroid dienone is 2. The van der Waals surface area contributed by atoms with Crippen molar-refractivity contribution in [2.45, 2.75) is 13.0 Å².